The fraction of sp³-hybridized carbons (Fsp3) is 0.250. The molecule has 5 heteroatoms. The fourth-order valence-corrected chi connectivity index (χ4v) is 1.81. The lowest BCUT2D eigenvalue weighted by Gasteiger charge is -2.14. The molecule has 21 heavy (non-hydrogen) atoms. The van der Waals surface area contributed by atoms with Crippen molar-refractivity contribution in [3.8, 4) is 0 Å². The SMILES string of the molecule is Cc1ccc(NC(=O)C(C)NC(=O)c2ccco2)cc1C. The summed E-state index contributed by atoms with van der Waals surface area (Å²) in [7, 11) is 0. The van der Waals surface area contributed by atoms with Gasteiger partial charge in [-0.3, -0.25) is 9.59 Å². The Morgan fingerprint density at radius 2 is 1.90 bits per heavy atom. The molecule has 0 aliphatic heterocycles. The van der Waals surface area contributed by atoms with Crippen LogP contribution in [0.15, 0.2) is 41.0 Å². The highest BCUT2D eigenvalue weighted by atomic mass is 16.3. The van der Waals surface area contributed by atoms with Crippen LogP contribution in [0.1, 0.15) is 28.6 Å². The van der Waals surface area contributed by atoms with Crippen molar-refractivity contribution >= 4 is 17.5 Å². The third kappa shape index (κ3) is 3.72. The van der Waals surface area contributed by atoms with E-state index in [1.807, 2.05) is 32.0 Å². The number of carbonyl (C=O) groups is 2. The number of hydrogen-bond donors (Lipinski definition) is 2. The first-order chi connectivity index (χ1) is 9.97. The van der Waals surface area contributed by atoms with E-state index in [1.165, 1.54) is 6.26 Å². The molecule has 0 aliphatic carbocycles. The Labute approximate surface area is 123 Å². The van der Waals surface area contributed by atoms with Gasteiger partial charge in [-0.15, -0.1) is 0 Å². The first kappa shape index (κ1) is 14.8. The Bertz CT molecular complexity index is 648. The highest BCUT2D eigenvalue weighted by Gasteiger charge is 2.18. The number of amides is 2. The van der Waals surface area contributed by atoms with Gasteiger partial charge in [-0.25, -0.2) is 0 Å². The number of anilines is 1. The molecule has 110 valence electrons. The number of rotatable bonds is 4. The quantitative estimate of drug-likeness (QED) is 0.907. The van der Waals surface area contributed by atoms with E-state index in [0.29, 0.717) is 5.69 Å². The molecule has 0 fully saturated rings. The smallest absolute Gasteiger partial charge is 0.287 e. The molecule has 0 radical (unpaired) electrons. The van der Waals surface area contributed by atoms with Gasteiger partial charge in [-0.2, -0.15) is 0 Å². The zero-order chi connectivity index (χ0) is 15.4. The van der Waals surface area contributed by atoms with Crippen molar-refractivity contribution in [3.05, 3.63) is 53.5 Å². The van der Waals surface area contributed by atoms with Gasteiger partial charge in [-0.05, 0) is 56.2 Å². The summed E-state index contributed by atoms with van der Waals surface area (Å²) in [5.74, 6) is -0.512. The van der Waals surface area contributed by atoms with Gasteiger partial charge in [0.2, 0.25) is 5.91 Å². The second kappa shape index (κ2) is 6.26. The molecular formula is C16H18N2O3. The maximum atomic E-state index is 12.1. The molecular weight excluding hydrogens is 268 g/mol. The molecule has 1 heterocycles. The molecule has 0 bridgehead atoms. The van der Waals surface area contributed by atoms with E-state index in [-0.39, 0.29) is 11.7 Å². The summed E-state index contributed by atoms with van der Waals surface area (Å²) in [6, 6.07) is 8.18. The van der Waals surface area contributed by atoms with Gasteiger partial charge in [0, 0.05) is 5.69 Å². The highest BCUT2D eigenvalue weighted by Crippen LogP contribution is 2.14. The van der Waals surface area contributed by atoms with Gasteiger partial charge in [0.05, 0.1) is 6.26 Å². The molecule has 2 rings (SSSR count). The molecule has 1 aromatic carbocycles. The van der Waals surface area contributed by atoms with Crippen LogP contribution in [0.5, 0.6) is 0 Å². The number of nitrogens with one attached hydrogen (secondary N) is 2. The van der Waals surface area contributed by atoms with Gasteiger partial charge in [0.1, 0.15) is 6.04 Å². The summed E-state index contributed by atoms with van der Waals surface area (Å²) in [6.45, 7) is 5.61. The first-order valence-corrected chi connectivity index (χ1v) is 6.70. The van der Waals surface area contributed by atoms with E-state index in [4.69, 9.17) is 4.42 Å². The van der Waals surface area contributed by atoms with Crippen LogP contribution < -0.4 is 10.6 Å². The van der Waals surface area contributed by atoms with Gasteiger partial charge in [0.25, 0.3) is 5.91 Å². The van der Waals surface area contributed by atoms with Crippen LogP contribution in [0.4, 0.5) is 5.69 Å². The van der Waals surface area contributed by atoms with E-state index >= 15 is 0 Å². The maximum absolute atomic E-state index is 12.1. The predicted octanol–water partition coefficient (Wildman–Crippen LogP) is 2.65. The molecule has 1 unspecified atom stereocenters. The van der Waals surface area contributed by atoms with Crippen LogP contribution in [-0.4, -0.2) is 17.9 Å². The summed E-state index contributed by atoms with van der Waals surface area (Å²) in [6.07, 6.45) is 1.41. The van der Waals surface area contributed by atoms with E-state index < -0.39 is 11.9 Å². The summed E-state index contributed by atoms with van der Waals surface area (Å²) in [4.78, 5) is 23.8. The molecule has 2 amide bonds. The van der Waals surface area contributed by atoms with E-state index in [2.05, 4.69) is 10.6 Å². The molecule has 0 spiro atoms. The minimum atomic E-state index is -0.663. The van der Waals surface area contributed by atoms with Crippen molar-refractivity contribution in [2.45, 2.75) is 26.8 Å². The Morgan fingerprint density at radius 1 is 1.14 bits per heavy atom. The third-order valence-electron chi connectivity index (χ3n) is 3.26. The molecule has 2 aromatic rings. The molecule has 1 aromatic heterocycles. The molecule has 0 saturated carbocycles. The van der Waals surface area contributed by atoms with Crippen molar-refractivity contribution in [2.24, 2.45) is 0 Å². The number of carbonyl (C=O) groups excluding carboxylic acids is 2. The maximum Gasteiger partial charge on any atom is 0.287 e. The lowest BCUT2D eigenvalue weighted by atomic mass is 10.1. The van der Waals surface area contributed by atoms with Gasteiger partial charge >= 0.3 is 0 Å². The number of benzene rings is 1. The Kier molecular flexibility index (Phi) is 4.42. The summed E-state index contributed by atoms with van der Waals surface area (Å²) < 4.78 is 4.98. The first-order valence-electron chi connectivity index (χ1n) is 6.70. The molecule has 5 nitrogen and oxygen atoms in total. The van der Waals surface area contributed by atoms with Gasteiger partial charge < -0.3 is 15.1 Å². The summed E-state index contributed by atoms with van der Waals surface area (Å²) in [5.41, 5.74) is 2.97. The standard InChI is InChI=1S/C16H18N2O3/c1-10-6-7-13(9-11(10)2)18-15(19)12(3)17-16(20)14-5-4-8-21-14/h4-9,12H,1-3H3,(H,17,20)(H,18,19). The van der Waals surface area contributed by atoms with Gasteiger partial charge in [-0.1, -0.05) is 6.07 Å². The van der Waals surface area contributed by atoms with E-state index in [0.717, 1.165) is 11.1 Å². The number of furan rings is 1. The minimum Gasteiger partial charge on any atom is -0.459 e. The largest absolute Gasteiger partial charge is 0.459 e. The van der Waals surface area contributed by atoms with Crippen LogP contribution in [-0.2, 0) is 4.79 Å². The Hall–Kier alpha value is -2.56. The van der Waals surface area contributed by atoms with E-state index in [1.54, 1.807) is 19.1 Å². The molecule has 1 atom stereocenters. The minimum absolute atomic E-state index is 0.181. The van der Waals surface area contributed by atoms with Crippen molar-refractivity contribution in [3.63, 3.8) is 0 Å². The zero-order valence-corrected chi connectivity index (χ0v) is 12.3. The van der Waals surface area contributed by atoms with Crippen LogP contribution >= 0.6 is 0 Å². The number of aryl methyl sites for hydroxylation is 2. The second-order valence-electron chi connectivity index (χ2n) is 4.96. The lowest BCUT2D eigenvalue weighted by Crippen LogP contribution is -2.41. The lowest BCUT2D eigenvalue weighted by molar-refractivity contribution is -0.117. The van der Waals surface area contributed by atoms with Crippen molar-refractivity contribution in [2.75, 3.05) is 5.32 Å². The van der Waals surface area contributed by atoms with Crippen LogP contribution in [0.2, 0.25) is 0 Å². The summed E-state index contributed by atoms with van der Waals surface area (Å²) >= 11 is 0. The highest BCUT2D eigenvalue weighted by molar-refractivity contribution is 5.99. The van der Waals surface area contributed by atoms with E-state index in [9.17, 15) is 9.59 Å². The third-order valence-corrected chi connectivity index (χ3v) is 3.26. The topological polar surface area (TPSA) is 71.3 Å². The summed E-state index contributed by atoms with van der Waals surface area (Å²) in [5, 5.41) is 5.36. The number of hydrogen-bond acceptors (Lipinski definition) is 3. The fourth-order valence-electron chi connectivity index (χ4n) is 1.81. The van der Waals surface area contributed by atoms with Crippen molar-refractivity contribution < 1.29 is 14.0 Å². The van der Waals surface area contributed by atoms with Crippen LogP contribution in [0, 0.1) is 13.8 Å². The Balaban J connectivity index is 1.96. The zero-order valence-electron chi connectivity index (χ0n) is 12.3. The second-order valence-corrected chi connectivity index (χ2v) is 4.96. The average molecular weight is 286 g/mol. The molecule has 0 aliphatic rings. The monoisotopic (exact) mass is 286 g/mol. The normalized spacial score (nSPS) is 11.8. The van der Waals surface area contributed by atoms with Gasteiger partial charge in [0.15, 0.2) is 5.76 Å². The average Bonchev–Trinajstić information content (AvgIpc) is 2.97. The molecule has 0 saturated heterocycles. The van der Waals surface area contributed by atoms with Crippen LogP contribution in [0.25, 0.3) is 0 Å². The van der Waals surface area contributed by atoms with Crippen LogP contribution in [0.3, 0.4) is 0 Å². The molecule has 2 N–H and O–H groups in total. The predicted molar refractivity (Wildman–Crippen MR) is 80.2 cm³/mol. The Morgan fingerprint density at radius 3 is 2.52 bits per heavy atom. The van der Waals surface area contributed by atoms with Crippen molar-refractivity contribution in [1.82, 2.24) is 5.32 Å². The van der Waals surface area contributed by atoms with Crippen molar-refractivity contribution in [1.29, 1.82) is 0 Å².